The molecule has 0 saturated carbocycles. The normalized spacial score (nSPS) is 11.3. The van der Waals surface area contributed by atoms with Crippen molar-refractivity contribution in [1.29, 1.82) is 0 Å². The minimum atomic E-state index is -0.0889. The van der Waals surface area contributed by atoms with Gasteiger partial charge in [-0.2, -0.15) is 0 Å². The number of aromatic nitrogens is 4. The quantitative estimate of drug-likeness (QED) is 0.583. The number of amides is 1. The van der Waals surface area contributed by atoms with E-state index in [1.165, 1.54) is 17.4 Å². The molecule has 4 rings (SSSR count). The van der Waals surface area contributed by atoms with Gasteiger partial charge in [0, 0.05) is 35.8 Å². The minimum absolute atomic E-state index is 0.0834. The Hall–Kier alpha value is -3.00. The van der Waals surface area contributed by atoms with Crippen molar-refractivity contribution in [3.8, 4) is 0 Å². The highest BCUT2D eigenvalue weighted by atomic mass is 32.1. The largest absolute Gasteiger partial charge is 0.354 e. The summed E-state index contributed by atoms with van der Waals surface area (Å²) in [6.45, 7) is 2.48. The maximum atomic E-state index is 12.2. The molecule has 1 N–H and O–H groups in total. The maximum Gasteiger partial charge on any atom is 0.258 e. The SMILES string of the molecule is Cc1cc(=O)n2c(CCNC(=O)Cn3cnc4ccccc43)csc2n1. The topological polar surface area (TPSA) is 81.3 Å². The van der Waals surface area contributed by atoms with E-state index in [4.69, 9.17) is 0 Å². The molecule has 0 aliphatic rings. The monoisotopic (exact) mass is 367 g/mol. The van der Waals surface area contributed by atoms with E-state index < -0.39 is 0 Å². The molecule has 0 spiro atoms. The van der Waals surface area contributed by atoms with Gasteiger partial charge in [-0.05, 0) is 19.1 Å². The van der Waals surface area contributed by atoms with Crippen molar-refractivity contribution in [2.24, 2.45) is 0 Å². The van der Waals surface area contributed by atoms with Crippen LogP contribution in [-0.2, 0) is 17.8 Å². The number of carbonyl (C=O) groups is 1. The zero-order valence-corrected chi connectivity index (χ0v) is 15.0. The number of fused-ring (bicyclic) bond motifs is 2. The average molecular weight is 367 g/mol. The third-order valence-electron chi connectivity index (χ3n) is 4.15. The third-order valence-corrected chi connectivity index (χ3v) is 5.02. The molecular weight excluding hydrogens is 350 g/mol. The van der Waals surface area contributed by atoms with Gasteiger partial charge in [-0.1, -0.05) is 12.1 Å². The Morgan fingerprint density at radius 1 is 1.31 bits per heavy atom. The van der Waals surface area contributed by atoms with E-state index in [0.29, 0.717) is 23.6 Å². The number of nitrogens with one attached hydrogen (secondary N) is 1. The smallest absolute Gasteiger partial charge is 0.258 e. The molecular formula is C18H17N5O2S. The van der Waals surface area contributed by atoms with Gasteiger partial charge in [-0.25, -0.2) is 9.97 Å². The zero-order valence-electron chi connectivity index (χ0n) is 14.2. The van der Waals surface area contributed by atoms with Crippen molar-refractivity contribution in [3.63, 3.8) is 0 Å². The fourth-order valence-corrected chi connectivity index (χ4v) is 3.91. The van der Waals surface area contributed by atoms with Crippen molar-refractivity contribution in [2.75, 3.05) is 6.54 Å². The number of para-hydroxylation sites is 2. The van der Waals surface area contributed by atoms with Gasteiger partial charge < -0.3 is 9.88 Å². The first-order chi connectivity index (χ1) is 12.6. The molecule has 0 aliphatic heterocycles. The van der Waals surface area contributed by atoms with E-state index in [-0.39, 0.29) is 18.0 Å². The molecule has 0 bridgehead atoms. The fourth-order valence-electron chi connectivity index (χ4n) is 2.94. The van der Waals surface area contributed by atoms with Crippen LogP contribution in [0.25, 0.3) is 16.0 Å². The standard InChI is InChI=1S/C18H17N5O2S/c1-12-8-17(25)23-13(10-26-18(23)21-12)6-7-19-16(24)9-22-11-20-14-4-2-3-5-15(14)22/h2-5,8,10-11H,6-7,9H2,1H3,(H,19,24). The van der Waals surface area contributed by atoms with Crippen LogP contribution in [0.2, 0.25) is 0 Å². The molecule has 132 valence electrons. The molecule has 1 aromatic carbocycles. The molecule has 0 radical (unpaired) electrons. The van der Waals surface area contributed by atoms with Gasteiger partial charge in [0.05, 0.1) is 17.4 Å². The van der Waals surface area contributed by atoms with Gasteiger partial charge >= 0.3 is 0 Å². The molecule has 0 aliphatic carbocycles. The van der Waals surface area contributed by atoms with Crippen LogP contribution in [0.4, 0.5) is 0 Å². The molecule has 26 heavy (non-hydrogen) atoms. The summed E-state index contributed by atoms with van der Waals surface area (Å²) in [5.74, 6) is -0.0889. The van der Waals surface area contributed by atoms with Gasteiger partial charge in [-0.15, -0.1) is 11.3 Å². The number of rotatable bonds is 5. The second kappa shape index (κ2) is 6.72. The minimum Gasteiger partial charge on any atom is -0.354 e. The molecule has 3 aromatic heterocycles. The Bertz CT molecular complexity index is 1160. The molecule has 0 atom stereocenters. The van der Waals surface area contributed by atoms with Gasteiger partial charge in [0.2, 0.25) is 5.91 Å². The first-order valence-electron chi connectivity index (χ1n) is 8.25. The number of imidazole rings is 1. The predicted molar refractivity (Wildman–Crippen MR) is 101 cm³/mol. The molecule has 0 unspecified atom stereocenters. The molecule has 3 heterocycles. The van der Waals surface area contributed by atoms with Crippen LogP contribution in [-0.4, -0.2) is 31.4 Å². The zero-order chi connectivity index (χ0) is 18.1. The summed E-state index contributed by atoms with van der Waals surface area (Å²) in [7, 11) is 0. The number of aryl methyl sites for hydroxylation is 1. The van der Waals surface area contributed by atoms with E-state index in [9.17, 15) is 9.59 Å². The summed E-state index contributed by atoms with van der Waals surface area (Å²) >= 11 is 1.43. The van der Waals surface area contributed by atoms with Crippen LogP contribution in [0.15, 0.2) is 46.8 Å². The van der Waals surface area contributed by atoms with E-state index >= 15 is 0 Å². The van der Waals surface area contributed by atoms with E-state index in [1.807, 2.05) is 34.2 Å². The van der Waals surface area contributed by atoms with Crippen molar-refractivity contribution in [2.45, 2.75) is 19.9 Å². The number of benzene rings is 1. The van der Waals surface area contributed by atoms with Gasteiger partial charge in [0.15, 0.2) is 4.96 Å². The second-order valence-corrected chi connectivity index (χ2v) is 6.88. The number of thiazole rings is 1. The van der Waals surface area contributed by atoms with Crippen LogP contribution in [0.1, 0.15) is 11.4 Å². The first kappa shape index (κ1) is 16.5. The Labute approximate surface area is 152 Å². The molecule has 0 fully saturated rings. The Morgan fingerprint density at radius 3 is 3.04 bits per heavy atom. The Kier molecular flexibility index (Phi) is 4.26. The van der Waals surface area contributed by atoms with E-state index in [1.54, 1.807) is 17.7 Å². The maximum absolute atomic E-state index is 12.2. The summed E-state index contributed by atoms with van der Waals surface area (Å²) in [5, 5.41) is 4.82. The molecule has 0 saturated heterocycles. The summed E-state index contributed by atoms with van der Waals surface area (Å²) in [4.78, 5) is 33.7. The predicted octanol–water partition coefficient (Wildman–Crippen LogP) is 1.77. The number of carbonyl (C=O) groups excluding carboxylic acids is 1. The lowest BCUT2D eigenvalue weighted by atomic mass is 10.3. The average Bonchev–Trinajstić information content (AvgIpc) is 3.20. The third kappa shape index (κ3) is 3.11. The number of nitrogens with zero attached hydrogens (tertiary/aromatic N) is 4. The number of hydrogen-bond acceptors (Lipinski definition) is 5. The summed E-state index contributed by atoms with van der Waals surface area (Å²) in [6.07, 6.45) is 2.24. The molecule has 7 nitrogen and oxygen atoms in total. The van der Waals surface area contributed by atoms with Crippen molar-refractivity contribution < 1.29 is 4.79 Å². The van der Waals surface area contributed by atoms with Crippen LogP contribution in [0, 0.1) is 6.92 Å². The lowest BCUT2D eigenvalue weighted by Gasteiger charge is -2.07. The van der Waals surface area contributed by atoms with Crippen molar-refractivity contribution in [3.05, 3.63) is 63.8 Å². The van der Waals surface area contributed by atoms with Crippen LogP contribution in [0.3, 0.4) is 0 Å². The van der Waals surface area contributed by atoms with E-state index in [2.05, 4.69) is 15.3 Å². The summed E-state index contributed by atoms with van der Waals surface area (Å²) in [5.41, 5.74) is 3.28. The lowest BCUT2D eigenvalue weighted by molar-refractivity contribution is -0.121. The van der Waals surface area contributed by atoms with Gasteiger partial charge in [0.25, 0.3) is 5.56 Å². The van der Waals surface area contributed by atoms with Gasteiger partial charge in [-0.3, -0.25) is 14.0 Å². The van der Waals surface area contributed by atoms with E-state index in [0.717, 1.165) is 16.7 Å². The highest BCUT2D eigenvalue weighted by Crippen LogP contribution is 2.13. The van der Waals surface area contributed by atoms with Crippen molar-refractivity contribution >= 4 is 33.2 Å². The van der Waals surface area contributed by atoms with Crippen LogP contribution >= 0.6 is 11.3 Å². The van der Waals surface area contributed by atoms with Gasteiger partial charge in [0.1, 0.15) is 6.54 Å². The molecule has 8 heteroatoms. The Morgan fingerprint density at radius 2 is 2.15 bits per heavy atom. The Balaban J connectivity index is 1.40. The second-order valence-electron chi connectivity index (χ2n) is 6.04. The first-order valence-corrected chi connectivity index (χ1v) is 9.13. The summed E-state index contributed by atoms with van der Waals surface area (Å²) in [6, 6.07) is 9.22. The highest BCUT2D eigenvalue weighted by molar-refractivity contribution is 7.15. The van der Waals surface area contributed by atoms with Crippen LogP contribution < -0.4 is 10.9 Å². The molecule has 4 aromatic rings. The van der Waals surface area contributed by atoms with Crippen molar-refractivity contribution in [1.82, 2.24) is 24.3 Å². The fraction of sp³-hybridized carbons (Fsp3) is 0.222. The lowest BCUT2D eigenvalue weighted by Crippen LogP contribution is -2.29. The number of hydrogen-bond donors (Lipinski definition) is 1. The van der Waals surface area contributed by atoms with Crippen LogP contribution in [0.5, 0.6) is 0 Å². The molecule has 1 amide bonds. The highest BCUT2D eigenvalue weighted by Gasteiger charge is 2.10. The summed E-state index contributed by atoms with van der Waals surface area (Å²) < 4.78 is 3.43.